The minimum atomic E-state index is 1.08. The molecule has 58 valence electrons. The van der Waals surface area contributed by atoms with E-state index >= 15 is 0 Å². The van der Waals surface area contributed by atoms with Crippen LogP contribution in [0.2, 0.25) is 6.55 Å². The minimum Gasteiger partial charge on any atom is -0.328 e. The van der Waals surface area contributed by atoms with Crippen LogP contribution >= 0.6 is 0 Å². The monoisotopic (exact) mass is 171 g/mol. The molecule has 0 heterocycles. The van der Waals surface area contributed by atoms with Crippen LogP contribution in [0.1, 0.15) is 26.7 Å². The van der Waals surface area contributed by atoms with Crippen LogP contribution in [0.25, 0.3) is 0 Å². The molecule has 0 saturated heterocycles. The first-order valence-electron chi connectivity index (χ1n) is 4.02. The lowest BCUT2D eigenvalue weighted by Gasteiger charge is -2.18. The molecule has 10 heavy (non-hydrogen) atoms. The molecule has 0 rings (SSSR count). The minimum absolute atomic E-state index is 1.08. The molecule has 0 aliphatic carbocycles. The van der Waals surface area contributed by atoms with Crippen molar-refractivity contribution in [1.82, 2.24) is 4.57 Å². The van der Waals surface area contributed by atoms with E-state index in [0.717, 1.165) is 18.2 Å². The molecule has 3 heteroatoms. The number of rotatable bonds is 6. The first-order valence-corrected chi connectivity index (χ1v) is 7.47. The highest BCUT2D eigenvalue weighted by molar-refractivity contribution is 6.98. The summed E-state index contributed by atoms with van der Waals surface area (Å²) in [7, 11) is 2.19. The zero-order valence-corrected chi connectivity index (χ0v) is 9.28. The predicted octanol–water partition coefficient (Wildman–Crippen LogP) is 1.39. The Kier molecular flexibility index (Phi) is 7.80. The first-order chi connectivity index (χ1) is 4.85. The molecule has 0 aromatic heterocycles. The summed E-state index contributed by atoms with van der Waals surface area (Å²) < 4.78 is 2.58. The van der Waals surface area contributed by atoms with Crippen LogP contribution in [-0.2, 0) is 0 Å². The maximum Gasteiger partial charge on any atom is 0.120 e. The molecular weight excluding hydrogens is 154 g/mol. The lowest BCUT2D eigenvalue weighted by atomic mass is 10.4. The van der Waals surface area contributed by atoms with Crippen LogP contribution < -0.4 is 0 Å². The molecule has 0 N–H and O–H groups in total. The SMILES string of the molecule is CCCN(CCC)[Si][Si]C. The highest BCUT2D eigenvalue weighted by atomic mass is 29.1. The Morgan fingerprint density at radius 2 is 1.60 bits per heavy atom. The molecule has 0 spiro atoms. The van der Waals surface area contributed by atoms with E-state index in [-0.39, 0.29) is 0 Å². The average molecular weight is 171 g/mol. The summed E-state index contributed by atoms with van der Waals surface area (Å²) in [5, 5.41) is 0. The van der Waals surface area contributed by atoms with Gasteiger partial charge in [-0.15, -0.1) is 0 Å². The van der Waals surface area contributed by atoms with Gasteiger partial charge in [-0.05, 0) is 25.9 Å². The molecule has 0 aliphatic heterocycles. The van der Waals surface area contributed by atoms with Gasteiger partial charge in [-0.25, -0.2) is 0 Å². The van der Waals surface area contributed by atoms with Gasteiger partial charge in [0.1, 0.15) is 9.20 Å². The molecule has 1 nitrogen and oxygen atoms in total. The van der Waals surface area contributed by atoms with Gasteiger partial charge in [-0.2, -0.15) is 0 Å². The van der Waals surface area contributed by atoms with Gasteiger partial charge in [-0.3, -0.25) is 0 Å². The third-order valence-electron chi connectivity index (χ3n) is 1.26. The standard InChI is InChI=1S/C7H17NSi2/c1-4-6-8(7-5-2)10-9-3/h4-7H2,1-3H3. The first kappa shape index (κ1) is 10.4. The lowest BCUT2D eigenvalue weighted by molar-refractivity contribution is 0.447. The molecule has 0 amide bonds. The second kappa shape index (κ2) is 7.50. The quantitative estimate of drug-likeness (QED) is 0.546. The second-order valence-electron chi connectivity index (χ2n) is 2.35. The van der Waals surface area contributed by atoms with Crippen molar-refractivity contribution in [3.8, 4) is 0 Å². The Labute approximate surface area is 69.7 Å². The molecule has 0 saturated carbocycles. The lowest BCUT2D eigenvalue weighted by Crippen LogP contribution is -2.32. The van der Waals surface area contributed by atoms with Gasteiger partial charge in [0, 0.05) is 9.04 Å². The van der Waals surface area contributed by atoms with Crippen molar-refractivity contribution < 1.29 is 0 Å². The summed E-state index contributed by atoms with van der Waals surface area (Å²) in [4.78, 5) is 0. The Hall–Kier alpha value is 0.394. The van der Waals surface area contributed by atoms with Crippen LogP contribution in [0.5, 0.6) is 0 Å². The van der Waals surface area contributed by atoms with Gasteiger partial charge in [0.05, 0.1) is 0 Å². The van der Waals surface area contributed by atoms with Crippen molar-refractivity contribution >= 4 is 18.2 Å². The molecular formula is C7H17NSi2. The zero-order chi connectivity index (χ0) is 7.82. The molecule has 0 atom stereocenters. The number of hydrogen-bond donors (Lipinski definition) is 0. The molecule has 0 aliphatic rings. The Morgan fingerprint density at radius 1 is 1.10 bits per heavy atom. The van der Waals surface area contributed by atoms with Crippen LogP contribution in [0.4, 0.5) is 0 Å². The van der Waals surface area contributed by atoms with Crippen molar-refractivity contribution in [2.75, 3.05) is 13.1 Å². The Balaban J connectivity index is 3.30. The Morgan fingerprint density at radius 3 is 1.90 bits per heavy atom. The van der Waals surface area contributed by atoms with Crippen molar-refractivity contribution in [2.24, 2.45) is 0 Å². The fourth-order valence-electron chi connectivity index (χ4n) is 0.922. The van der Waals surface area contributed by atoms with E-state index in [1.54, 1.807) is 0 Å². The van der Waals surface area contributed by atoms with E-state index in [2.05, 4.69) is 25.0 Å². The highest BCUT2D eigenvalue weighted by Gasteiger charge is 2.00. The highest BCUT2D eigenvalue weighted by Crippen LogP contribution is 1.90. The van der Waals surface area contributed by atoms with Gasteiger partial charge in [-0.1, -0.05) is 20.4 Å². The summed E-state index contributed by atoms with van der Waals surface area (Å²) in [6, 6.07) is 0. The van der Waals surface area contributed by atoms with Crippen molar-refractivity contribution in [3.63, 3.8) is 0 Å². The zero-order valence-electron chi connectivity index (χ0n) is 7.28. The summed E-state index contributed by atoms with van der Waals surface area (Å²) in [5.41, 5.74) is 0. The summed E-state index contributed by atoms with van der Waals surface area (Å²) in [5.74, 6) is 0. The van der Waals surface area contributed by atoms with E-state index < -0.39 is 0 Å². The molecule has 0 bridgehead atoms. The van der Waals surface area contributed by atoms with Crippen LogP contribution in [0.3, 0.4) is 0 Å². The maximum atomic E-state index is 2.58. The van der Waals surface area contributed by atoms with Crippen LogP contribution in [0, 0.1) is 0 Å². The largest absolute Gasteiger partial charge is 0.328 e. The normalized spacial score (nSPS) is 10.8. The summed E-state index contributed by atoms with van der Waals surface area (Å²) >= 11 is 0. The van der Waals surface area contributed by atoms with Crippen molar-refractivity contribution in [3.05, 3.63) is 0 Å². The predicted molar refractivity (Wildman–Crippen MR) is 49.5 cm³/mol. The van der Waals surface area contributed by atoms with E-state index in [1.807, 2.05) is 0 Å². The molecule has 0 aromatic carbocycles. The van der Waals surface area contributed by atoms with Gasteiger partial charge in [0.15, 0.2) is 0 Å². The van der Waals surface area contributed by atoms with Crippen molar-refractivity contribution in [2.45, 2.75) is 33.2 Å². The summed E-state index contributed by atoms with van der Waals surface area (Å²) in [6.07, 6.45) is 2.61. The van der Waals surface area contributed by atoms with E-state index in [9.17, 15) is 0 Å². The molecule has 0 unspecified atom stereocenters. The smallest absolute Gasteiger partial charge is 0.120 e. The number of nitrogens with zero attached hydrogens (tertiary/aromatic N) is 1. The van der Waals surface area contributed by atoms with Gasteiger partial charge in [0.2, 0.25) is 0 Å². The average Bonchev–Trinajstić information content (AvgIpc) is 1.90. The summed E-state index contributed by atoms with van der Waals surface area (Å²) in [6.45, 7) is 9.40. The maximum absolute atomic E-state index is 2.58. The van der Waals surface area contributed by atoms with E-state index in [4.69, 9.17) is 0 Å². The van der Waals surface area contributed by atoms with Gasteiger partial charge in [0.25, 0.3) is 0 Å². The fraction of sp³-hybridized carbons (Fsp3) is 1.00. The number of hydrogen-bond acceptors (Lipinski definition) is 1. The topological polar surface area (TPSA) is 3.24 Å². The Bertz CT molecular complexity index is 54.4. The molecule has 0 fully saturated rings. The van der Waals surface area contributed by atoms with Crippen LogP contribution in [0.15, 0.2) is 0 Å². The third kappa shape index (κ3) is 5.20. The molecule has 0 aromatic rings. The second-order valence-corrected chi connectivity index (χ2v) is 5.88. The van der Waals surface area contributed by atoms with Gasteiger partial charge < -0.3 is 4.57 Å². The fourth-order valence-corrected chi connectivity index (χ4v) is 3.53. The third-order valence-corrected chi connectivity index (χ3v) is 3.86. The van der Waals surface area contributed by atoms with E-state index in [1.165, 1.54) is 25.9 Å². The van der Waals surface area contributed by atoms with E-state index in [0.29, 0.717) is 0 Å². The van der Waals surface area contributed by atoms with Crippen LogP contribution in [-0.4, -0.2) is 35.9 Å². The van der Waals surface area contributed by atoms with Gasteiger partial charge >= 0.3 is 0 Å². The molecule has 4 radical (unpaired) electrons. The van der Waals surface area contributed by atoms with Crippen molar-refractivity contribution in [1.29, 1.82) is 0 Å².